The first kappa shape index (κ1) is 32.1. The number of hydrogen-bond acceptors (Lipinski definition) is 1. The minimum Gasteiger partial charge on any atom is -0.278 e. The maximum atomic E-state index is 5.30. The minimum atomic E-state index is -2.85. The Hall–Kier alpha value is -6.54. The van der Waals surface area contributed by atoms with Crippen LogP contribution in [0, 0.1) is 0 Å². The van der Waals surface area contributed by atoms with Crippen LogP contribution in [-0.2, 0) is 0 Å². The van der Waals surface area contributed by atoms with E-state index >= 15 is 0 Å². The monoisotopic (exact) mass is 723 g/mol. The van der Waals surface area contributed by atoms with Crippen LogP contribution in [0.2, 0.25) is 0 Å². The molecule has 2 aromatic heterocycles. The maximum absolute atomic E-state index is 5.30. The van der Waals surface area contributed by atoms with Crippen molar-refractivity contribution < 1.29 is 0 Å². The first-order valence-electron chi connectivity index (χ1n) is 18.6. The fourth-order valence-electron chi connectivity index (χ4n) is 8.64. The molecule has 3 nitrogen and oxygen atoms in total. The number of imidazole rings is 2. The fourth-order valence-corrected chi connectivity index (χ4v) is 16.3. The van der Waals surface area contributed by atoms with E-state index in [1.54, 1.807) is 0 Å². The molecule has 0 atom stereocenters. The number of hydrogen-bond donors (Lipinski definition) is 0. The van der Waals surface area contributed by atoms with Gasteiger partial charge in [-0.15, -0.1) is 0 Å². The molecule has 256 valence electrons. The highest BCUT2D eigenvalue weighted by molar-refractivity contribution is 7.20. The summed E-state index contributed by atoms with van der Waals surface area (Å²) in [6.45, 7) is 0. The molecule has 54 heavy (non-hydrogen) atoms. The van der Waals surface area contributed by atoms with Gasteiger partial charge in [-0.3, -0.25) is 8.97 Å². The second-order valence-electron chi connectivity index (χ2n) is 14.0. The van der Waals surface area contributed by atoms with E-state index in [0.29, 0.717) is 0 Å². The summed E-state index contributed by atoms with van der Waals surface area (Å²) >= 11 is 0. The average molecular weight is 724 g/mol. The lowest BCUT2D eigenvalue weighted by atomic mass is 10.2. The summed E-state index contributed by atoms with van der Waals surface area (Å²) in [7, 11) is -4.56. The van der Waals surface area contributed by atoms with E-state index in [4.69, 9.17) is 4.98 Å². The van der Waals surface area contributed by atoms with Gasteiger partial charge >= 0.3 is 0 Å². The normalized spacial score (nSPS) is 11.9. The van der Waals surface area contributed by atoms with E-state index in [1.165, 1.54) is 36.3 Å². The molecule has 5 heteroatoms. The lowest BCUT2D eigenvalue weighted by molar-refractivity contribution is 1.11. The van der Waals surface area contributed by atoms with E-state index in [2.05, 4.69) is 227 Å². The van der Waals surface area contributed by atoms with Crippen molar-refractivity contribution in [1.29, 1.82) is 0 Å². The molecule has 0 aliphatic heterocycles. The molecule has 0 spiro atoms. The molecule has 10 rings (SSSR count). The first-order chi connectivity index (χ1) is 26.8. The van der Waals surface area contributed by atoms with E-state index in [9.17, 15) is 0 Å². The predicted octanol–water partition coefficient (Wildman–Crippen LogP) is 6.06. The maximum Gasteiger partial charge on any atom is 0.220 e. The Labute approximate surface area is 317 Å². The van der Waals surface area contributed by atoms with Crippen molar-refractivity contribution in [2.24, 2.45) is 0 Å². The van der Waals surface area contributed by atoms with Gasteiger partial charge in [0.2, 0.25) is 5.78 Å². The van der Waals surface area contributed by atoms with Crippen LogP contribution in [0.3, 0.4) is 0 Å². The van der Waals surface area contributed by atoms with Crippen LogP contribution in [0.4, 0.5) is 0 Å². The molecule has 0 bridgehead atoms. The third-order valence-corrected chi connectivity index (χ3v) is 18.9. The molecular weight excluding hydrogens is 687 g/mol. The molecule has 0 saturated carbocycles. The van der Waals surface area contributed by atoms with Crippen LogP contribution < -0.4 is 36.3 Å². The summed E-state index contributed by atoms with van der Waals surface area (Å²) in [6.07, 6.45) is 0. The number of fused-ring (bicyclic) bond motifs is 5. The Balaban J connectivity index is 1.23. The second-order valence-corrected chi connectivity index (χ2v) is 20.6. The molecule has 8 aromatic carbocycles. The number of nitrogens with zero attached hydrogens (tertiary/aromatic N) is 3. The highest BCUT2D eigenvalue weighted by Gasteiger charge is 2.42. The Kier molecular flexibility index (Phi) is 8.01. The first-order valence-corrected chi connectivity index (χ1v) is 22.3. The van der Waals surface area contributed by atoms with E-state index in [-0.39, 0.29) is 0 Å². The molecule has 0 unspecified atom stereocenters. The highest BCUT2D eigenvalue weighted by Crippen LogP contribution is 2.29. The number of benzene rings is 8. The topological polar surface area (TPSA) is 22.2 Å². The Morgan fingerprint density at radius 1 is 0.370 bits per heavy atom. The van der Waals surface area contributed by atoms with Crippen LogP contribution in [0.5, 0.6) is 0 Å². The van der Waals surface area contributed by atoms with Gasteiger partial charge in [-0.25, -0.2) is 4.98 Å². The summed E-state index contributed by atoms with van der Waals surface area (Å²) in [5.74, 6) is 0.920. The molecule has 0 radical (unpaired) electrons. The van der Waals surface area contributed by atoms with Gasteiger partial charge in [-0.05, 0) is 57.1 Å². The van der Waals surface area contributed by atoms with Crippen molar-refractivity contribution in [1.82, 2.24) is 14.0 Å². The zero-order valence-electron chi connectivity index (χ0n) is 29.7. The van der Waals surface area contributed by atoms with Crippen LogP contribution >= 0.6 is 0 Å². The van der Waals surface area contributed by atoms with Crippen LogP contribution in [-0.4, -0.2) is 30.8 Å². The van der Waals surface area contributed by atoms with Crippen LogP contribution in [0.15, 0.2) is 218 Å². The molecule has 0 aliphatic rings. The van der Waals surface area contributed by atoms with Gasteiger partial charge in [-0.1, -0.05) is 198 Å². The van der Waals surface area contributed by atoms with Crippen LogP contribution in [0.1, 0.15) is 0 Å². The lowest BCUT2D eigenvalue weighted by Gasteiger charge is -2.34. The Bertz CT molecular complexity index is 2770. The molecular formula is C49H37N3Si2. The second kappa shape index (κ2) is 13.5. The molecule has 10 aromatic rings. The van der Waals surface area contributed by atoms with Gasteiger partial charge in [0.05, 0.1) is 22.1 Å². The molecule has 2 heterocycles. The quantitative estimate of drug-likeness (QED) is 0.138. The zero-order valence-corrected chi connectivity index (χ0v) is 31.9. The zero-order chi connectivity index (χ0) is 35.9. The largest absolute Gasteiger partial charge is 0.278 e. The van der Waals surface area contributed by atoms with Gasteiger partial charge in [0.25, 0.3) is 0 Å². The van der Waals surface area contributed by atoms with Gasteiger partial charge in [0, 0.05) is 5.69 Å². The smallest absolute Gasteiger partial charge is 0.220 e. The van der Waals surface area contributed by atoms with Gasteiger partial charge in [0.15, 0.2) is 8.07 Å². The lowest BCUT2D eigenvalue weighted by Crippen LogP contribution is -2.74. The van der Waals surface area contributed by atoms with Crippen molar-refractivity contribution in [3.05, 3.63) is 218 Å². The van der Waals surface area contributed by atoms with Crippen molar-refractivity contribution in [3.63, 3.8) is 0 Å². The Morgan fingerprint density at radius 2 is 0.815 bits per heavy atom. The summed E-state index contributed by atoms with van der Waals surface area (Å²) < 4.78 is 4.64. The number of para-hydroxylation sites is 3. The van der Waals surface area contributed by atoms with Gasteiger partial charge in [-0.2, -0.15) is 0 Å². The molecule has 0 fully saturated rings. The SMILES string of the molecule is c1ccc(-n2c3ccccc3n3c4cc([Si](c5ccccc5)(c5ccccc5)c5ccc([SiH](c6ccccc6)c6ccccc6)cc5)ccc4nc23)cc1. The van der Waals surface area contributed by atoms with Crippen molar-refractivity contribution in [2.45, 2.75) is 0 Å². The fraction of sp³-hybridized carbons (Fsp3) is 0. The summed E-state index contributed by atoms with van der Waals surface area (Å²) in [6, 6.07) is 80.7. The average Bonchev–Trinajstić information content (AvgIpc) is 3.78. The van der Waals surface area contributed by atoms with E-state index < -0.39 is 16.9 Å². The van der Waals surface area contributed by atoms with Crippen molar-refractivity contribution in [2.75, 3.05) is 0 Å². The van der Waals surface area contributed by atoms with Crippen molar-refractivity contribution in [3.8, 4) is 5.69 Å². The molecule has 0 amide bonds. The number of aromatic nitrogens is 3. The number of rotatable bonds is 8. The Morgan fingerprint density at radius 3 is 1.39 bits per heavy atom. The highest BCUT2D eigenvalue weighted by atomic mass is 28.3. The summed E-state index contributed by atoms with van der Waals surface area (Å²) in [5.41, 5.74) is 5.49. The molecule has 0 aliphatic carbocycles. The van der Waals surface area contributed by atoms with Gasteiger partial charge < -0.3 is 0 Å². The third-order valence-electron chi connectivity index (χ3n) is 11.0. The minimum absolute atomic E-state index is 0.920. The predicted molar refractivity (Wildman–Crippen MR) is 232 cm³/mol. The molecule has 0 N–H and O–H groups in total. The standard InChI is InChI=1S/C49H37N3Si2/c1-6-18-37(19-7-1)51-46-28-16-17-29-47(46)52-48-36-44(34-35-45(48)50-49(51)52)54(41-24-12-4-13-25-41,42-26-14-5-15-27-42)43-32-30-40(31-33-43)53(38-20-8-2-9-21-38)39-22-10-3-11-23-39/h1-36,53H. The van der Waals surface area contributed by atoms with Crippen LogP contribution in [0.25, 0.3) is 33.5 Å². The van der Waals surface area contributed by atoms with E-state index in [1.807, 2.05) is 0 Å². The van der Waals surface area contributed by atoms with E-state index in [0.717, 1.165) is 33.5 Å². The molecule has 0 saturated heterocycles. The van der Waals surface area contributed by atoms with Crippen molar-refractivity contribution >= 4 is 81.0 Å². The summed E-state index contributed by atoms with van der Waals surface area (Å²) in [4.78, 5) is 5.30. The van der Waals surface area contributed by atoms with Gasteiger partial charge in [0.1, 0.15) is 8.80 Å². The summed E-state index contributed by atoms with van der Waals surface area (Å²) in [5, 5.41) is 9.68. The third kappa shape index (κ3) is 5.20.